The van der Waals surface area contributed by atoms with E-state index in [1.807, 2.05) is 12.1 Å². The molecule has 2 rings (SSSR count). The second-order valence-electron chi connectivity index (χ2n) is 3.65. The Bertz CT molecular complexity index is 638. The molecule has 1 aromatic carbocycles. The highest BCUT2D eigenvalue weighted by Crippen LogP contribution is 2.20. The van der Waals surface area contributed by atoms with Crippen molar-refractivity contribution in [3.8, 4) is 0 Å². The molecule has 0 aliphatic heterocycles. The highest BCUT2D eigenvalue weighted by Gasteiger charge is 2.15. The minimum absolute atomic E-state index is 0.237. The van der Waals surface area contributed by atoms with E-state index in [4.69, 9.17) is 11.6 Å². The minimum Gasteiger partial charge on any atom is -0.390 e. The van der Waals surface area contributed by atoms with Crippen molar-refractivity contribution in [1.29, 1.82) is 0 Å². The first-order valence-electron chi connectivity index (χ1n) is 5.29. The second kappa shape index (κ2) is 5.49. The summed E-state index contributed by atoms with van der Waals surface area (Å²) in [6.07, 6.45) is 2.80. The van der Waals surface area contributed by atoms with Crippen LogP contribution in [0.15, 0.2) is 35.6 Å². The van der Waals surface area contributed by atoms with Crippen molar-refractivity contribution >= 4 is 29.5 Å². The quantitative estimate of drug-likeness (QED) is 0.529. The van der Waals surface area contributed by atoms with Crippen molar-refractivity contribution in [3.05, 3.63) is 51.3 Å². The van der Waals surface area contributed by atoms with E-state index in [0.29, 0.717) is 16.4 Å². The molecule has 0 aliphatic rings. The minimum atomic E-state index is -0.557. The van der Waals surface area contributed by atoms with Crippen molar-refractivity contribution in [2.24, 2.45) is 12.1 Å². The number of rotatable bonds is 4. The Kier molecular flexibility index (Phi) is 3.76. The first kappa shape index (κ1) is 13.0. The summed E-state index contributed by atoms with van der Waals surface area (Å²) in [4.78, 5) is 13.7. The van der Waals surface area contributed by atoms with Gasteiger partial charge in [-0.05, 0) is 17.1 Å². The number of nitrogens with zero attached hydrogens (tertiary/aromatic N) is 4. The number of nitrogens with one attached hydrogen (secondary N) is 1. The molecule has 0 amide bonds. The topological polar surface area (TPSA) is 85.3 Å². The standard InChI is InChI=1S/C11H10ClN5O2/c1-16-8(6-13-11(16)17(18)19)7-14-15-10-5-3-2-4-9(10)12/h2-7,15H,1H3/b14-7+. The van der Waals surface area contributed by atoms with Gasteiger partial charge in [0, 0.05) is 0 Å². The van der Waals surface area contributed by atoms with Crippen LogP contribution in [-0.2, 0) is 7.05 Å². The molecule has 0 aliphatic carbocycles. The highest BCUT2D eigenvalue weighted by molar-refractivity contribution is 6.33. The number of imidazole rings is 1. The predicted octanol–water partition coefficient (Wildman–Crippen LogP) is 2.43. The van der Waals surface area contributed by atoms with Gasteiger partial charge in [0.05, 0.1) is 24.0 Å². The number of aromatic nitrogens is 2. The highest BCUT2D eigenvalue weighted by atomic mass is 35.5. The summed E-state index contributed by atoms with van der Waals surface area (Å²) in [7, 11) is 1.54. The van der Waals surface area contributed by atoms with Gasteiger partial charge in [0.1, 0.15) is 6.20 Å². The van der Waals surface area contributed by atoms with E-state index in [0.717, 1.165) is 0 Å². The first-order chi connectivity index (χ1) is 9.09. The molecular weight excluding hydrogens is 270 g/mol. The van der Waals surface area contributed by atoms with Crippen molar-refractivity contribution < 1.29 is 4.92 Å². The number of para-hydroxylation sites is 1. The van der Waals surface area contributed by atoms with Crippen LogP contribution in [0.2, 0.25) is 5.02 Å². The Morgan fingerprint density at radius 1 is 1.53 bits per heavy atom. The monoisotopic (exact) mass is 279 g/mol. The van der Waals surface area contributed by atoms with E-state index < -0.39 is 4.92 Å². The summed E-state index contributed by atoms with van der Waals surface area (Å²) in [6, 6.07) is 7.13. The molecule has 1 N–H and O–H groups in total. The van der Waals surface area contributed by atoms with Gasteiger partial charge in [0.2, 0.25) is 0 Å². The van der Waals surface area contributed by atoms with Crippen molar-refractivity contribution in [1.82, 2.24) is 9.55 Å². The zero-order valence-electron chi connectivity index (χ0n) is 9.95. The Labute approximate surface area is 113 Å². The maximum absolute atomic E-state index is 10.6. The molecule has 0 saturated heterocycles. The van der Waals surface area contributed by atoms with Gasteiger partial charge in [-0.1, -0.05) is 28.7 Å². The van der Waals surface area contributed by atoms with Crippen LogP contribution in [0.5, 0.6) is 0 Å². The molecule has 0 saturated carbocycles. The molecule has 19 heavy (non-hydrogen) atoms. The van der Waals surface area contributed by atoms with E-state index in [2.05, 4.69) is 15.5 Å². The SMILES string of the molecule is Cn1c(/C=N/Nc2ccccc2Cl)cnc1[N+](=O)[O-]. The van der Waals surface area contributed by atoms with Gasteiger partial charge in [-0.25, -0.2) is 4.57 Å². The van der Waals surface area contributed by atoms with Crippen LogP contribution in [0.3, 0.4) is 0 Å². The van der Waals surface area contributed by atoms with Gasteiger partial charge in [-0.3, -0.25) is 5.43 Å². The molecule has 8 heteroatoms. The molecule has 98 valence electrons. The normalized spacial score (nSPS) is 10.8. The lowest BCUT2D eigenvalue weighted by atomic mass is 10.3. The van der Waals surface area contributed by atoms with E-state index in [-0.39, 0.29) is 5.95 Å². The van der Waals surface area contributed by atoms with Crippen LogP contribution in [0.4, 0.5) is 11.6 Å². The third-order valence-electron chi connectivity index (χ3n) is 2.42. The Morgan fingerprint density at radius 3 is 2.89 bits per heavy atom. The lowest BCUT2D eigenvalue weighted by Gasteiger charge is -2.01. The van der Waals surface area contributed by atoms with Crippen molar-refractivity contribution in [3.63, 3.8) is 0 Å². The van der Waals surface area contributed by atoms with E-state index in [1.54, 1.807) is 19.2 Å². The van der Waals surface area contributed by atoms with E-state index >= 15 is 0 Å². The molecule has 0 spiro atoms. The van der Waals surface area contributed by atoms with Crippen LogP contribution < -0.4 is 5.43 Å². The Balaban J connectivity index is 2.12. The van der Waals surface area contributed by atoms with Crippen LogP contribution in [0.25, 0.3) is 0 Å². The zero-order valence-corrected chi connectivity index (χ0v) is 10.7. The zero-order chi connectivity index (χ0) is 13.8. The summed E-state index contributed by atoms with van der Waals surface area (Å²) in [5, 5.41) is 15.1. The largest absolute Gasteiger partial charge is 0.434 e. The average molecular weight is 280 g/mol. The van der Waals surface area contributed by atoms with Crippen LogP contribution in [-0.4, -0.2) is 20.7 Å². The number of nitro groups is 1. The van der Waals surface area contributed by atoms with Gasteiger partial charge >= 0.3 is 5.95 Å². The number of halogens is 1. The second-order valence-corrected chi connectivity index (χ2v) is 4.06. The van der Waals surface area contributed by atoms with Gasteiger partial charge in [0.15, 0.2) is 5.69 Å². The van der Waals surface area contributed by atoms with E-state index in [1.165, 1.54) is 17.0 Å². The van der Waals surface area contributed by atoms with Crippen LogP contribution in [0, 0.1) is 10.1 Å². The van der Waals surface area contributed by atoms with Gasteiger partial charge in [-0.2, -0.15) is 5.10 Å². The Morgan fingerprint density at radius 2 is 2.26 bits per heavy atom. The molecular formula is C11H10ClN5O2. The molecule has 7 nitrogen and oxygen atoms in total. The molecule has 0 fully saturated rings. The number of benzene rings is 1. The lowest BCUT2D eigenvalue weighted by Crippen LogP contribution is -2.02. The molecule has 0 radical (unpaired) electrons. The smallest absolute Gasteiger partial charge is 0.390 e. The summed E-state index contributed by atoms with van der Waals surface area (Å²) in [5.74, 6) is -0.237. The first-order valence-corrected chi connectivity index (χ1v) is 5.67. The average Bonchev–Trinajstić information content (AvgIpc) is 2.74. The molecule has 1 aromatic heterocycles. The van der Waals surface area contributed by atoms with Gasteiger partial charge in [-0.15, -0.1) is 0 Å². The molecule has 0 bridgehead atoms. The fraction of sp³-hybridized carbons (Fsp3) is 0.0909. The maximum Gasteiger partial charge on any atom is 0.434 e. The number of anilines is 1. The summed E-state index contributed by atoms with van der Waals surface area (Å²) in [5.41, 5.74) is 3.91. The molecule has 1 heterocycles. The van der Waals surface area contributed by atoms with Crippen LogP contribution in [0.1, 0.15) is 5.69 Å². The summed E-state index contributed by atoms with van der Waals surface area (Å²) in [6.45, 7) is 0. The Hall–Kier alpha value is -2.41. The fourth-order valence-corrected chi connectivity index (χ4v) is 1.60. The van der Waals surface area contributed by atoms with Gasteiger partial charge < -0.3 is 10.1 Å². The molecule has 0 unspecified atom stereocenters. The molecule has 0 atom stereocenters. The fourth-order valence-electron chi connectivity index (χ4n) is 1.42. The summed E-state index contributed by atoms with van der Waals surface area (Å²) < 4.78 is 1.33. The third-order valence-corrected chi connectivity index (χ3v) is 2.75. The summed E-state index contributed by atoms with van der Waals surface area (Å²) >= 11 is 5.94. The number of hydrogen-bond acceptors (Lipinski definition) is 5. The van der Waals surface area contributed by atoms with Crippen molar-refractivity contribution in [2.45, 2.75) is 0 Å². The predicted molar refractivity (Wildman–Crippen MR) is 72.5 cm³/mol. The number of hydrogen-bond donors (Lipinski definition) is 1. The van der Waals surface area contributed by atoms with Crippen molar-refractivity contribution in [2.75, 3.05) is 5.43 Å². The number of hydrazone groups is 1. The maximum atomic E-state index is 10.6. The third kappa shape index (κ3) is 2.89. The van der Waals surface area contributed by atoms with Gasteiger partial charge in [0.25, 0.3) is 0 Å². The lowest BCUT2D eigenvalue weighted by molar-refractivity contribution is -0.396. The van der Waals surface area contributed by atoms with Crippen LogP contribution >= 0.6 is 11.6 Å². The van der Waals surface area contributed by atoms with E-state index in [9.17, 15) is 10.1 Å². The molecule has 2 aromatic rings.